The highest BCUT2D eigenvalue weighted by molar-refractivity contribution is 5.99. The number of fused-ring (bicyclic) bond motifs is 1. The summed E-state index contributed by atoms with van der Waals surface area (Å²) < 4.78 is 7.29. The van der Waals surface area contributed by atoms with Crippen LogP contribution >= 0.6 is 0 Å². The lowest BCUT2D eigenvalue weighted by Gasteiger charge is -2.35. The number of carboxylic acid groups (broad SMARTS) is 1. The number of ether oxygens (including phenoxy) is 1. The van der Waals surface area contributed by atoms with Crippen molar-refractivity contribution in [3.8, 4) is 11.1 Å². The van der Waals surface area contributed by atoms with Crippen LogP contribution in [0.4, 0.5) is 5.82 Å². The van der Waals surface area contributed by atoms with Crippen LogP contribution in [0.1, 0.15) is 79.5 Å². The van der Waals surface area contributed by atoms with Crippen LogP contribution in [0.5, 0.6) is 0 Å². The highest BCUT2D eigenvalue weighted by Crippen LogP contribution is 2.43. The van der Waals surface area contributed by atoms with Gasteiger partial charge >= 0.3 is 5.97 Å². The smallest absolute Gasteiger partial charge is 0.354 e. The van der Waals surface area contributed by atoms with Crippen molar-refractivity contribution >= 4 is 22.8 Å². The Labute approximate surface area is 223 Å². The first-order valence-electron chi connectivity index (χ1n) is 14.2. The van der Waals surface area contributed by atoms with Crippen molar-refractivity contribution < 1.29 is 14.6 Å². The average molecular weight is 519 g/mol. The molecule has 0 radical (unpaired) electrons. The molecule has 3 aromatic rings. The first-order valence-corrected chi connectivity index (χ1v) is 14.2. The van der Waals surface area contributed by atoms with Crippen LogP contribution in [0.2, 0.25) is 0 Å². The fraction of sp³-hybridized carbons (Fsp3) is 0.586. The molecule has 3 fully saturated rings. The standard InChI is InChI=1S/C29H38N6O3/c1-38-17-16-33-12-14-34(15-13-33)25-11-10-21(19-30-25)23-18-24(29(36)37)31-28-26(23)27(20-6-5-7-20)32-35(28)22-8-3-2-4-9-22/h10-11,18-20,22H,2-9,12-17H2,1H3,(H,36,37). The van der Waals surface area contributed by atoms with Crippen LogP contribution in [-0.4, -0.2) is 82.2 Å². The van der Waals surface area contributed by atoms with Gasteiger partial charge in [0.1, 0.15) is 5.82 Å². The lowest BCUT2D eigenvalue weighted by Crippen LogP contribution is -2.47. The van der Waals surface area contributed by atoms with Crippen molar-refractivity contribution in [1.29, 1.82) is 0 Å². The fourth-order valence-corrected chi connectivity index (χ4v) is 6.20. The van der Waals surface area contributed by atoms with Gasteiger partial charge in [-0.3, -0.25) is 4.90 Å². The van der Waals surface area contributed by atoms with Crippen LogP contribution in [-0.2, 0) is 4.74 Å². The van der Waals surface area contributed by atoms with Crippen molar-refractivity contribution in [3.63, 3.8) is 0 Å². The van der Waals surface area contributed by atoms with E-state index in [2.05, 4.69) is 31.6 Å². The van der Waals surface area contributed by atoms with Crippen LogP contribution in [0, 0.1) is 0 Å². The third-order valence-corrected chi connectivity index (χ3v) is 8.69. The molecule has 1 aliphatic heterocycles. The largest absolute Gasteiger partial charge is 0.477 e. The van der Waals surface area contributed by atoms with Crippen LogP contribution in [0.3, 0.4) is 0 Å². The van der Waals surface area contributed by atoms with Crippen molar-refractivity contribution in [2.75, 3.05) is 51.3 Å². The Morgan fingerprint density at radius 1 is 1.05 bits per heavy atom. The summed E-state index contributed by atoms with van der Waals surface area (Å²) in [5.41, 5.74) is 3.70. The summed E-state index contributed by atoms with van der Waals surface area (Å²) in [4.78, 5) is 26.4. The number of anilines is 1. The zero-order chi connectivity index (χ0) is 26.1. The second kappa shape index (κ2) is 11.0. The Bertz CT molecular complexity index is 1270. The lowest BCUT2D eigenvalue weighted by molar-refractivity contribution is 0.0691. The van der Waals surface area contributed by atoms with Gasteiger partial charge in [-0.15, -0.1) is 0 Å². The number of aromatic carboxylic acids is 1. The second-order valence-corrected chi connectivity index (χ2v) is 11.0. The zero-order valence-electron chi connectivity index (χ0n) is 22.3. The summed E-state index contributed by atoms with van der Waals surface area (Å²) in [6, 6.07) is 6.17. The minimum Gasteiger partial charge on any atom is -0.477 e. The van der Waals surface area contributed by atoms with Crippen molar-refractivity contribution in [3.05, 3.63) is 35.8 Å². The minimum atomic E-state index is -1.01. The highest BCUT2D eigenvalue weighted by atomic mass is 16.5. The number of nitrogens with zero attached hydrogens (tertiary/aromatic N) is 6. The average Bonchev–Trinajstić information content (AvgIpc) is 3.30. The van der Waals surface area contributed by atoms with Gasteiger partial charge in [-0.1, -0.05) is 25.7 Å². The Kier molecular flexibility index (Phi) is 7.30. The second-order valence-electron chi connectivity index (χ2n) is 11.0. The molecular formula is C29H38N6O3. The molecule has 0 unspecified atom stereocenters. The summed E-state index contributed by atoms with van der Waals surface area (Å²) in [5.74, 6) is 0.367. The molecule has 2 aliphatic carbocycles. The van der Waals surface area contributed by atoms with Crippen LogP contribution < -0.4 is 4.90 Å². The molecule has 6 rings (SSSR count). The molecule has 0 atom stereocenters. The molecule has 4 heterocycles. The van der Waals surface area contributed by atoms with Crippen LogP contribution in [0.15, 0.2) is 24.4 Å². The summed E-state index contributed by atoms with van der Waals surface area (Å²) in [6.07, 6.45) is 11.1. The van der Waals surface area contributed by atoms with Crippen LogP contribution in [0.25, 0.3) is 22.2 Å². The molecule has 9 heteroatoms. The molecule has 1 N–H and O–H groups in total. The van der Waals surface area contributed by atoms with Gasteiger partial charge in [0.2, 0.25) is 0 Å². The number of hydrogen-bond acceptors (Lipinski definition) is 7. The molecule has 1 saturated heterocycles. The molecule has 38 heavy (non-hydrogen) atoms. The topological polar surface area (TPSA) is 96.6 Å². The molecule has 3 aromatic heterocycles. The normalized spacial score (nSPS) is 19.7. The van der Waals surface area contributed by atoms with E-state index in [9.17, 15) is 9.90 Å². The Morgan fingerprint density at radius 2 is 1.84 bits per heavy atom. The number of hydrogen-bond donors (Lipinski definition) is 1. The van der Waals surface area contributed by atoms with Gasteiger partial charge < -0.3 is 14.7 Å². The molecule has 202 valence electrons. The predicted molar refractivity (Wildman–Crippen MR) is 147 cm³/mol. The lowest BCUT2D eigenvalue weighted by atomic mass is 9.81. The number of methoxy groups -OCH3 is 1. The summed E-state index contributed by atoms with van der Waals surface area (Å²) in [5, 5.41) is 16.1. The van der Waals surface area contributed by atoms with E-state index in [0.717, 1.165) is 98.7 Å². The Balaban J connectivity index is 1.36. The summed E-state index contributed by atoms with van der Waals surface area (Å²) in [7, 11) is 1.74. The van der Waals surface area contributed by atoms with Crippen molar-refractivity contribution in [2.45, 2.75) is 63.3 Å². The third kappa shape index (κ3) is 4.89. The maximum atomic E-state index is 12.2. The molecule has 0 amide bonds. The fourth-order valence-electron chi connectivity index (χ4n) is 6.20. The minimum absolute atomic E-state index is 0.0703. The number of carboxylic acids is 1. The van der Waals surface area contributed by atoms with E-state index in [-0.39, 0.29) is 11.7 Å². The van der Waals surface area contributed by atoms with E-state index >= 15 is 0 Å². The van der Waals surface area contributed by atoms with Gasteiger partial charge in [0.15, 0.2) is 11.3 Å². The van der Waals surface area contributed by atoms with Gasteiger partial charge in [-0.05, 0) is 49.4 Å². The summed E-state index contributed by atoms with van der Waals surface area (Å²) in [6.45, 7) is 5.55. The molecular weight excluding hydrogens is 480 g/mol. The molecule has 0 spiro atoms. The van der Waals surface area contributed by atoms with Crippen molar-refractivity contribution in [2.24, 2.45) is 0 Å². The van der Waals surface area contributed by atoms with E-state index in [1.807, 2.05) is 6.20 Å². The monoisotopic (exact) mass is 518 g/mol. The number of rotatable bonds is 8. The van der Waals surface area contributed by atoms with E-state index < -0.39 is 5.97 Å². The molecule has 2 saturated carbocycles. The maximum Gasteiger partial charge on any atom is 0.354 e. The third-order valence-electron chi connectivity index (χ3n) is 8.69. The highest BCUT2D eigenvalue weighted by Gasteiger charge is 2.31. The summed E-state index contributed by atoms with van der Waals surface area (Å²) >= 11 is 0. The first-order chi connectivity index (χ1) is 18.6. The molecule has 0 aromatic carbocycles. The van der Waals surface area contributed by atoms with E-state index in [0.29, 0.717) is 5.92 Å². The number of piperazine rings is 1. The van der Waals surface area contributed by atoms with E-state index in [1.54, 1.807) is 13.2 Å². The first kappa shape index (κ1) is 25.2. The number of carbonyl (C=O) groups is 1. The molecule has 0 bridgehead atoms. The predicted octanol–water partition coefficient (Wildman–Crippen LogP) is 4.73. The Morgan fingerprint density at radius 3 is 2.47 bits per heavy atom. The van der Waals surface area contributed by atoms with Gasteiger partial charge in [0.05, 0.1) is 23.7 Å². The van der Waals surface area contributed by atoms with Gasteiger partial charge in [-0.2, -0.15) is 5.10 Å². The maximum absolute atomic E-state index is 12.2. The van der Waals surface area contributed by atoms with E-state index in [1.165, 1.54) is 25.7 Å². The molecule has 3 aliphatic rings. The number of pyridine rings is 2. The Hall–Kier alpha value is -3.04. The van der Waals surface area contributed by atoms with E-state index in [4.69, 9.17) is 14.8 Å². The van der Waals surface area contributed by atoms with Gasteiger partial charge in [0.25, 0.3) is 0 Å². The zero-order valence-corrected chi connectivity index (χ0v) is 22.3. The van der Waals surface area contributed by atoms with Gasteiger partial charge in [0, 0.05) is 57.5 Å². The SMILES string of the molecule is COCCN1CCN(c2ccc(-c3cc(C(=O)O)nc4c3c(C3CCC3)nn4C3CCCCC3)cn2)CC1. The van der Waals surface area contributed by atoms with Gasteiger partial charge in [-0.25, -0.2) is 19.4 Å². The van der Waals surface area contributed by atoms with Crippen molar-refractivity contribution in [1.82, 2.24) is 24.6 Å². The number of aromatic nitrogens is 4. The molecule has 9 nitrogen and oxygen atoms in total. The quantitative estimate of drug-likeness (QED) is 0.457.